The molecule has 0 spiro atoms. The summed E-state index contributed by atoms with van der Waals surface area (Å²) in [6.07, 6.45) is 1.69. The van der Waals surface area contributed by atoms with Crippen molar-refractivity contribution in [1.29, 1.82) is 0 Å². The van der Waals surface area contributed by atoms with E-state index in [-0.39, 0.29) is 5.82 Å². The van der Waals surface area contributed by atoms with Gasteiger partial charge in [0.1, 0.15) is 5.82 Å². The Kier molecular flexibility index (Phi) is 5.04. The van der Waals surface area contributed by atoms with Crippen LogP contribution in [0.4, 0.5) is 4.39 Å². The van der Waals surface area contributed by atoms with Crippen LogP contribution >= 0.6 is 15.9 Å². The summed E-state index contributed by atoms with van der Waals surface area (Å²) in [5, 5.41) is 11.2. The normalized spacial score (nSPS) is 10.9. The maximum atomic E-state index is 13.1. The standard InChI is InChI=1S/C13H15BrFN3O/c1-2-16-7-3-4-12-17-18-13(19-12)9-5-6-11(15)10(14)8-9/h5-6,8,16H,2-4,7H2,1H3. The summed E-state index contributed by atoms with van der Waals surface area (Å²) in [6.45, 7) is 3.95. The minimum absolute atomic E-state index is 0.311. The molecule has 1 aromatic carbocycles. The largest absolute Gasteiger partial charge is 0.421 e. The van der Waals surface area contributed by atoms with Gasteiger partial charge in [-0.15, -0.1) is 10.2 Å². The van der Waals surface area contributed by atoms with Gasteiger partial charge in [-0.25, -0.2) is 4.39 Å². The smallest absolute Gasteiger partial charge is 0.247 e. The molecule has 2 rings (SSSR count). The topological polar surface area (TPSA) is 51.0 Å². The van der Waals surface area contributed by atoms with E-state index in [0.717, 1.165) is 25.9 Å². The van der Waals surface area contributed by atoms with Crippen molar-refractivity contribution in [3.63, 3.8) is 0 Å². The highest BCUT2D eigenvalue weighted by Gasteiger charge is 2.10. The zero-order chi connectivity index (χ0) is 13.7. The molecule has 0 radical (unpaired) electrons. The van der Waals surface area contributed by atoms with Gasteiger partial charge in [0.15, 0.2) is 0 Å². The van der Waals surface area contributed by atoms with Gasteiger partial charge in [0.25, 0.3) is 0 Å². The molecule has 0 aliphatic carbocycles. The van der Waals surface area contributed by atoms with Crippen LogP contribution in [0.2, 0.25) is 0 Å². The molecule has 0 saturated heterocycles. The number of halogens is 2. The minimum Gasteiger partial charge on any atom is -0.421 e. The number of hydrogen-bond donors (Lipinski definition) is 1. The lowest BCUT2D eigenvalue weighted by Gasteiger charge is -1.98. The van der Waals surface area contributed by atoms with Crippen molar-refractivity contribution in [3.05, 3.63) is 34.4 Å². The predicted octanol–water partition coefficient (Wildman–Crippen LogP) is 3.18. The lowest BCUT2D eigenvalue weighted by Crippen LogP contribution is -2.14. The molecule has 1 heterocycles. The van der Waals surface area contributed by atoms with E-state index in [0.29, 0.717) is 21.8 Å². The van der Waals surface area contributed by atoms with Crippen molar-refractivity contribution in [2.75, 3.05) is 13.1 Å². The lowest BCUT2D eigenvalue weighted by atomic mass is 10.2. The average Bonchev–Trinajstić information content (AvgIpc) is 2.87. The maximum Gasteiger partial charge on any atom is 0.247 e. The number of aryl methyl sites for hydroxylation is 1. The van der Waals surface area contributed by atoms with E-state index in [4.69, 9.17) is 4.42 Å². The summed E-state index contributed by atoms with van der Waals surface area (Å²) in [6, 6.07) is 4.62. The summed E-state index contributed by atoms with van der Waals surface area (Å²) in [4.78, 5) is 0. The molecule has 4 nitrogen and oxygen atoms in total. The number of rotatable bonds is 6. The summed E-state index contributed by atoms with van der Waals surface area (Å²) in [5.74, 6) is 0.710. The Morgan fingerprint density at radius 3 is 2.95 bits per heavy atom. The molecule has 0 aliphatic heterocycles. The molecule has 6 heteroatoms. The lowest BCUT2D eigenvalue weighted by molar-refractivity contribution is 0.492. The zero-order valence-electron chi connectivity index (χ0n) is 10.6. The summed E-state index contributed by atoms with van der Waals surface area (Å²) >= 11 is 3.14. The quantitative estimate of drug-likeness (QED) is 0.828. The van der Waals surface area contributed by atoms with E-state index in [1.54, 1.807) is 12.1 Å². The molecule has 0 unspecified atom stereocenters. The molecule has 102 valence electrons. The molecule has 0 bridgehead atoms. The van der Waals surface area contributed by atoms with E-state index >= 15 is 0 Å². The van der Waals surface area contributed by atoms with Gasteiger partial charge in [0, 0.05) is 12.0 Å². The first-order valence-electron chi connectivity index (χ1n) is 6.19. The van der Waals surface area contributed by atoms with E-state index in [2.05, 4.69) is 38.4 Å². The molecule has 1 aromatic heterocycles. The van der Waals surface area contributed by atoms with Gasteiger partial charge < -0.3 is 9.73 Å². The van der Waals surface area contributed by atoms with Crippen LogP contribution in [0.25, 0.3) is 11.5 Å². The Balaban J connectivity index is 2.01. The fourth-order valence-electron chi connectivity index (χ4n) is 1.64. The number of nitrogens with one attached hydrogen (secondary N) is 1. The second kappa shape index (κ2) is 6.77. The van der Waals surface area contributed by atoms with Crippen molar-refractivity contribution in [1.82, 2.24) is 15.5 Å². The van der Waals surface area contributed by atoms with Gasteiger partial charge in [-0.3, -0.25) is 0 Å². The van der Waals surface area contributed by atoms with Gasteiger partial charge in [-0.2, -0.15) is 0 Å². The van der Waals surface area contributed by atoms with Crippen molar-refractivity contribution >= 4 is 15.9 Å². The molecule has 0 atom stereocenters. The third-order valence-corrected chi connectivity index (χ3v) is 3.24. The van der Waals surface area contributed by atoms with Crippen molar-refractivity contribution < 1.29 is 8.81 Å². The highest BCUT2D eigenvalue weighted by Crippen LogP contribution is 2.24. The van der Waals surface area contributed by atoms with Crippen LogP contribution in [-0.2, 0) is 6.42 Å². The molecular weight excluding hydrogens is 313 g/mol. The second-order valence-corrected chi connectivity index (χ2v) is 4.94. The van der Waals surface area contributed by atoms with Crippen molar-refractivity contribution in [3.8, 4) is 11.5 Å². The minimum atomic E-state index is -0.311. The van der Waals surface area contributed by atoms with E-state index in [1.165, 1.54) is 6.07 Å². The average molecular weight is 328 g/mol. The summed E-state index contributed by atoms with van der Waals surface area (Å²) < 4.78 is 19.1. The van der Waals surface area contributed by atoms with E-state index in [9.17, 15) is 4.39 Å². The molecule has 0 amide bonds. The third kappa shape index (κ3) is 3.84. The van der Waals surface area contributed by atoms with Crippen LogP contribution in [0.15, 0.2) is 27.1 Å². The van der Waals surface area contributed by atoms with Gasteiger partial charge in [0.05, 0.1) is 4.47 Å². The zero-order valence-corrected chi connectivity index (χ0v) is 12.2. The third-order valence-electron chi connectivity index (χ3n) is 2.63. The number of benzene rings is 1. The van der Waals surface area contributed by atoms with Crippen LogP contribution in [0.3, 0.4) is 0 Å². The highest BCUT2D eigenvalue weighted by atomic mass is 79.9. The molecular formula is C13H15BrFN3O. The monoisotopic (exact) mass is 327 g/mol. The fraction of sp³-hybridized carbons (Fsp3) is 0.385. The molecule has 1 N–H and O–H groups in total. The first-order chi connectivity index (χ1) is 9.20. The molecule has 0 fully saturated rings. The Hall–Kier alpha value is -1.27. The number of aromatic nitrogens is 2. The molecule has 0 aliphatic rings. The van der Waals surface area contributed by atoms with E-state index < -0.39 is 0 Å². The van der Waals surface area contributed by atoms with E-state index in [1.807, 2.05) is 0 Å². The first kappa shape index (κ1) is 14.1. The number of hydrogen-bond acceptors (Lipinski definition) is 4. The van der Waals surface area contributed by atoms with Crippen LogP contribution in [0.5, 0.6) is 0 Å². The SMILES string of the molecule is CCNCCCc1nnc(-c2ccc(F)c(Br)c2)o1. The predicted molar refractivity (Wildman–Crippen MR) is 74.3 cm³/mol. The Labute approximate surface area is 119 Å². The number of nitrogens with zero attached hydrogens (tertiary/aromatic N) is 2. The Morgan fingerprint density at radius 2 is 2.21 bits per heavy atom. The van der Waals surface area contributed by atoms with Gasteiger partial charge >= 0.3 is 0 Å². The van der Waals surface area contributed by atoms with Crippen LogP contribution in [-0.4, -0.2) is 23.3 Å². The molecule has 2 aromatic rings. The second-order valence-electron chi connectivity index (χ2n) is 4.09. The van der Waals surface area contributed by atoms with Crippen LogP contribution < -0.4 is 5.32 Å². The Bertz CT molecular complexity index is 544. The van der Waals surface area contributed by atoms with Gasteiger partial charge in [-0.1, -0.05) is 6.92 Å². The van der Waals surface area contributed by atoms with Gasteiger partial charge in [0.2, 0.25) is 11.8 Å². The summed E-state index contributed by atoms with van der Waals surface area (Å²) in [7, 11) is 0. The fourth-order valence-corrected chi connectivity index (χ4v) is 2.02. The Morgan fingerprint density at radius 1 is 1.37 bits per heavy atom. The summed E-state index contributed by atoms with van der Waals surface area (Å²) in [5.41, 5.74) is 0.707. The van der Waals surface area contributed by atoms with Crippen LogP contribution in [0.1, 0.15) is 19.2 Å². The molecule has 19 heavy (non-hydrogen) atoms. The maximum absolute atomic E-state index is 13.1. The first-order valence-corrected chi connectivity index (χ1v) is 6.98. The van der Waals surface area contributed by atoms with Gasteiger partial charge in [-0.05, 0) is 53.6 Å². The van der Waals surface area contributed by atoms with Crippen molar-refractivity contribution in [2.24, 2.45) is 0 Å². The molecule has 0 saturated carbocycles. The highest BCUT2D eigenvalue weighted by molar-refractivity contribution is 9.10. The van der Waals surface area contributed by atoms with Crippen molar-refractivity contribution in [2.45, 2.75) is 19.8 Å². The van der Waals surface area contributed by atoms with Crippen LogP contribution in [0, 0.1) is 5.82 Å².